The number of para-hydroxylation sites is 2. The second-order valence-corrected chi connectivity index (χ2v) is 17.0. The lowest BCUT2D eigenvalue weighted by Gasteiger charge is -2.11. The van der Waals surface area contributed by atoms with Crippen LogP contribution in [0, 0.1) is 0 Å². The minimum atomic E-state index is 0.636. The predicted octanol–water partition coefficient (Wildman–Crippen LogP) is 15.1. The number of fused-ring (bicyclic) bond motifs is 11. The highest BCUT2D eigenvalue weighted by molar-refractivity contribution is 7.27. The molecule has 0 amide bonds. The molecule has 4 aromatic heterocycles. The van der Waals surface area contributed by atoms with E-state index < -0.39 is 0 Å². The van der Waals surface area contributed by atoms with Crippen LogP contribution in [0.2, 0.25) is 0 Å². The van der Waals surface area contributed by atoms with Gasteiger partial charge >= 0.3 is 0 Å². The number of hydrogen-bond acceptors (Lipinski definition) is 4. The fourth-order valence-electron chi connectivity index (χ4n) is 9.48. The van der Waals surface area contributed by atoms with E-state index in [1.165, 1.54) is 74.9 Å². The molecule has 0 radical (unpaired) electrons. The van der Waals surface area contributed by atoms with E-state index in [2.05, 4.69) is 161 Å². The van der Waals surface area contributed by atoms with Crippen LogP contribution in [-0.4, -0.2) is 24.1 Å². The Balaban J connectivity index is 1.02. The van der Waals surface area contributed by atoms with Crippen molar-refractivity contribution in [1.82, 2.24) is 24.1 Å². The molecule has 5 nitrogen and oxygen atoms in total. The van der Waals surface area contributed by atoms with Gasteiger partial charge in [0.05, 0.1) is 31.5 Å². The fourth-order valence-corrected chi connectivity index (χ4v) is 10.9. The molecule has 0 aliphatic heterocycles. The molecular formula is C57H35N5S. The number of benzene rings is 9. The molecule has 13 rings (SSSR count). The van der Waals surface area contributed by atoms with Crippen LogP contribution in [-0.2, 0) is 0 Å². The van der Waals surface area contributed by atoms with E-state index in [4.69, 9.17) is 15.0 Å². The summed E-state index contributed by atoms with van der Waals surface area (Å²) in [4.78, 5) is 15.0. The highest BCUT2D eigenvalue weighted by Crippen LogP contribution is 2.47. The van der Waals surface area contributed by atoms with Crippen molar-refractivity contribution in [3.8, 4) is 56.7 Å². The molecule has 0 aliphatic carbocycles. The van der Waals surface area contributed by atoms with Gasteiger partial charge in [0.25, 0.3) is 0 Å². The van der Waals surface area contributed by atoms with Crippen LogP contribution in [0.15, 0.2) is 212 Å². The Morgan fingerprint density at radius 3 is 1.22 bits per heavy atom. The summed E-state index contributed by atoms with van der Waals surface area (Å²) in [6.07, 6.45) is 0. The van der Waals surface area contributed by atoms with Crippen LogP contribution in [0.1, 0.15) is 0 Å². The fraction of sp³-hybridized carbons (Fsp3) is 0. The van der Waals surface area contributed by atoms with Crippen LogP contribution in [0.25, 0.3) is 120 Å². The topological polar surface area (TPSA) is 48.5 Å². The first-order chi connectivity index (χ1) is 31.2. The predicted molar refractivity (Wildman–Crippen MR) is 263 cm³/mol. The Bertz CT molecular complexity index is 3830. The Kier molecular flexibility index (Phi) is 8.01. The Hall–Kier alpha value is -8.19. The third kappa shape index (κ3) is 5.66. The third-order valence-electron chi connectivity index (χ3n) is 12.4. The minimum Gasteiger partial charge on any atom is -0.308 e. The molecule has 6 heteroatoms. The minimum absolute atomic E-state index is 0.636. The lowest BCUT2D eigenvalue weighted by molar-refractivity contribution is 1.07. The zero-order valence-electron chi connectivity index (χ0n) is 33.9. The number of aromatic nitrogens is 5. The van der Waals surface area contributed by atoms with Crippen molar-refractivity contribution >= 4 is 75.1 Å². The van der Waals surface area contributed by atoms with Gasteiger partial charge in [0.2, 0.25) is 0 Å². The van der Waals surface area contributed by atoms with Gasteiger partial charge in [0, 0.05) is 60.4 Å². The summed E-state index contributed by atoms with van der Waals surface area (Å²) in [5.74, 6) is 1.93. The summed E-state index contributed by atoms with van der Waals surface area (Å²) >= 11 is 1.90. The molecule has 294 valence electrons. The van der Waals surface area contributed by atoms with Crippen molar-refractivity contribution in [2.45, 2.75) is 0 Å². The standard InChI is InChI=1S/C57H35N5S/c1-4-15-36(16-5-1)40-21-14-22-42(35-40)62-50-26-13-11-24-44(50)46-32-34-48-47-33-31-45-43-23-10-12-25-49(43)61(51(45)53(47)63-54(48)52(46)62)41-29-27-39(28-30-41)57-59-55(37-17-6-2-7-18-37)58-56(60-57)38-19-8-3-9-20-38/h1-35H. The molecule has 0 fully saturated rings. The maximum absolute atomic E-state index is 5.02. The van der Waals surface area contributed by atoms with Gasteiger partial charge in [-0.1, -0.05) is 164 Å². The summed E-state index contributed by atoms with van der Waals surface area (Å²) < 4.78 is 7.47. The first kappa shape index (κ1) is 35.6. The molecule has 0 saturated heterocycles. The molecule has 13 aromatic rings. The molecule has 0 bridgehead atoms. The van der Waals surface area contributed by atoms with Crippen LogP contribution in [0.3, 0.4) is 0 Å². The van der Waals surface area contributed by atoms with E-state index in [0.29, 0.717) is 17.5 Å². The van der Waals surface area contributed by atoms with E-state index in [1.54, 1.807) is 0 Å². The molecule has 0 N–H and O–H groups in total. The smallest absolute Gasteiger partial charge is 0.164 e. The van der Waals surface area contributed by atoms with Gasteiger partial charge in [-0.2, -0.15) is 0 Å². The van der Waals surface area contributed by atoms with Crippen LogP contribution >= 0.6 is 11.3 Å². The lowest BCUT2D eigenvalue weighted by atomic mass is 10.1. The summed E-state index contributed by atoms with van der Waals surface area (Å²) in [7, 11) is 0. The first-order valence-electron chi connectivity index (χ1n) is 21.2. The van der Waals surface area contributed by atoms with Crippen LogP contribution in [0.4, 0.5) is 0 Å². The van der Waals surface area contributed by atoms with E-state index >= 15 is 0 Å². The monoisotopic (exact) mass is 821 g/mol. The van der Waals surface area contributed by atoms with Gasteiger partial charge in [-0.15, -0.1) is 11.3 Å². The van der Waals surface area contributed by atoms with Gasteiger partial charge in [-0.25, -0.2) is 15.0 Å². The molecular weight excluding hydrogens is 787 g/mol. The normalized spacial score (nSPS) is 11.8. The highest BCUT2D eigenvalue weighted by atomic mass is 32.1. The quantitative estimate of drug-likeness (QED) is 0.168. The number of hydrogen-bond donors (Lipinski definition) is 0. The average molecular weight is 822 g/mol. The van der Waals surface area contributed by atoms with Crippen molar-refractivity contribution in [2.24, 2.45) is 0 Å². The largest absolute Gasteiger partial charge is 0.308 e. The molecule has 0 unspecified atom stereocenters. The summed E-state index contributed by atoms with van der Waals surface area (Å²) in [5, 5.41) is 7.49. The Labute approximate surface area is 366 Å². The second-order valence-electron chi connectivity index (χ2n) is 16.0. The molecule has 0 saturated carbocycles. The molecule has 0 aliphatic rings. The van der Waals surface area contributed by atoms with Gasteiger partial charge in [-0.3, -0.25) is 0 Å². The lowest BCUT2D eigenvalue weighted by Crippen LogP contribution is -2.00. The third-order valence-corrected chi connectivity index (χ3v) is 13.6. The zero-order valence-corrected chi connectivity index (χ0v) is 34.7. The van der Waals surface area contributed by atoms with E-state index in [-0.39, 0.29) is 0 Å². The summed E-state index contributed by atoms with van der Waals surface area (Å²) in [5.41, 5.74) is 12.3. The molecule has 9 aromatic carbocycles. The molecule has 0 atom stereocenters. The molecule has 0 spiro atoms. The van der Waals surface area contributed by atoms with E-state index in [1.807, 2.05) is 72.0 Å². The average Bonchev–Trinajstić information content (AvgIpc) is 4.03. The van der Waals surface area contributed by atoms with Crippen molar-refractivity contribution in [3.05, 3.63) is 212 Å². The van der Waals surface area contributed by atoms with Crippen molar-refractivity contribution in [1.29, 1.82) is 0 Å². The number of rotatable bonds is 6. The van der Waals surface area contributed by atoms with Crippen molar-refractivity contribution < 1.29 is 0 Å². The van der Waals surface area contributed by atoms with Crippen molar-refractivity contribution in [2.75, 3.05) is 0 Å². The second kappa shape index (κ2) is 14.2. The van der Waals surface area contributed by atoms with Crippen LogP contribution in [0.5, 0.6) is 0 Å². The maximum atomic E-state index is 5.02. The van der Waals surface area contributed by atoms with Gasteiger partial charge in [0.15, 0.2) is 17.5 Å². The Morgan fingerprint density at radius 2 is 0.698 bits per heavy atom. The van der Waals surface area contributed by atoms with Gasteiger partial charge in [-0.05, 0) is 59.7 Å². The molecule has 63 heavy (non-hydrogen) atoms. The van der Waals surface area contributed by atoms with E-state index in [9.17, 15) is 0 Å². The highest BCUT2D eigenvalue weighted by Gasteiger charge is 2.22. The maximum Gasteiger partial charge on any atom is 0.164 e. The zero-order chi connectivity index (χ0) is 41.4. The SMILES string of the molecule is c1ccc(-c2cccc(-n3c4ccccc4c4ccc5c6ccc7c8ccccc8n(-c8ccc(-c9nc(-c%10ccccc%10)nc(-c%10ccccc%10)n9)cc8)c7c6sc5c43)c2)cc1. The van der Waals surface area contributed by atoms with Gasteiger partial charge in [0.1, 0.15) is 0 Å². The Morgan fingerprint density at radius 1 is 0.286 bits per heavy atom. The van der Waals surface area contributed by atoms with E-state index in [0.717, 1.165) is 28.1 Å². The van der Waals surface area contributed by atoms with Crippen LogP contribution < -0.4 is 0 Å². The summed E-state index contributed by atoms with van der Waals surface area (Å²) in [6, 6.07) is 75.5. The molecule has 4 heterocycles. The summed E-state index contributed by atoms with van der Waals surface area (Å²) in [6.45, 7) is 0. The van der Waals surface area contributed by atoms with Gasteiger partial charge < -0.3 is 9.13 Å². The number of thiophene rings is 1. The first-order valence-corrected chi connectivity index (χ1v) is 22.0. The van der Waals surface area contributed by atoms with Crippen molar-refractivity contribution in [3.63, 3.8) is 0 Å². The number of nitrogens with zero attached hydrogens (tertiary/aromatic N) is 5.